The molecule has 0 heterocycles. The molecule has 0 spiro atoms. The van der Waals surface area contributed by atoms with Crippen LogP contribution in [0.2, 0.25) is 0 Å². The van der Waals surface area contributed by atoms with Gasteiger partial charge in [0.15, 0.2) is 5.78 Å². The Labute approximate surface area is 108 Å². The number of carbonyl (C=O) groups excluding carboxylic acids is 3. The Kier molecular flexibility index (Phi) is 6.58. The van der Waals surface area contributed by atoms with Crippen LogP contribution in [0.3, 0.4) is 0 Å². The van der Waals surface area contributed by atoms with Crippen molar-refractivity contribution in [3.8, 4) is 0 Å². The second kappa shape index (κ2) is 7.13. The maximum atomic E-state index is 11.8. The normalized spacial score (nSPS) is 12.7. The number of nitrogens with one attached hydrogen (secondary N) is 1. The van der Waals surface area contributed by atoms with Crippen LogP contribution in [0.15, 0.2) is 0 Å². The minimum atomic E-state index is -0.606. The van der Waals surface area contributed by atoms with Gasteiger partial charge in [-0.15, -0.1) is 0 Å². The van der Waals surface area contributed by atoms with Gasteiger partial charge < -0.3 is 14.8 Å². The van der Waals surface area contributed by atoms with Gasteiger partial charge in [0.05, 0.1) is 6.04 Å². The Hall–Kier alpha value is -1.39. The summed E-state index contributed by atoms with van der Waals surface area (Å²) in [4.78, 5) is 34.1. The molecule has 0 aromatic carbocycles. The summed E-state index contributed by atoms with van der Waals surface area (Å²) in [6.07, 6.45) is 0.246. The number of hydrogen-bond donors (Lipinski definition) is 1. The molecule has 1 N–H and O–H groups in total. The number of ether oxygens (including phenoxy) is 1. The van der Waals surface area contributed by atoms with Crippen molar-refractivity contribution < 1.29 is 19.1 Å². The minimum Gasteiger partial charge on any atom is -0.444 e. The van der Waals surface area contributed by atoms with E-state index in [0.29, 0.717) is 6.42 Å². The first-order valence-electron chi connectivity index (χ1n) is 6.17. The smallest absolute Gasteiger partial charge is 0.408 e. The third-order valence-corrected chi connectivity index (χ3v) is 2.21. The van der Waals surface area contributed by atoms with Crippen molar-refractivity contribution in [1.29, 1.82) is 0 Å². The highest BCUT2D eigenvalue weighted by Crippen LogP contribution is 2.08. The summed E-state index contributed by atoms with van der Waals surface area (Å²) >= 11 is 0. The summed E-state index contributed by atoms with van der Waals surface area (Å²) in [7, 11) is 0. The van der Waals surface area contributed by atoms with Crippen molar-refractivity contribution in [3.05, 3.63) is 0 Å². The standard InChI is InChI=1S/C13H23NO4/c1-6-10(11(16)8-7-9(2)15)14-12(17)18-13(3,4)5/h10H,6-8H2,1-5H3,(H,14,17)/t10-/m0/s1. The molecule has 0 aliphatic carbocycles. The van der Waals surface area contributed by atoms with Gasteiger partial charge in [0.25, 0.3) is 0 Å². The Morgan fingerprint density at radius 3 is 2.11 bits per heavy atom. The number of amides is 1. The largest absolute Gasteiger partial charge is 0.444 e. The van der Waals surface area contributed by atoms with E-state index < -0.39 is 17.7 Å². The summed E-state index contributed by atoms with van der Waals surface area (Å²) in [6, 6.07) is -0.584. The van der Waals surface area contributed by atoms with Crippen LogP contribution >= 0.6 is 0 Å². The number of hydrogen-bond acceptors (Lipinski definition) is 4. The summed E-state index contributed by atoms with van der Waals surface area (Å²) in [5, 5.41) is 2.52. The average Bonchev–Trinajstić information content (AvgIpc) is 2.19. The van der Waals surface area contributed by atoms with Gasteiger partial charge in [-0.05, 0) is 34.1 Å². The molecule has 0 unspecified atom stereocenters. The molecule has 18 heavy (non-hydrogen) atoms. The fourth-order valence-corrected chi connectivity index (χ4v) is 1.33. The lowest BCUT2D eigenvalue weighted by atomic mass is 10.0. The third kappa shape index (κ3) is 7.81. The van der Waals surface area contributed by atoms with Crippen molar-refractivity contribution in [3.63, 3.8) is 0 Å². The molecule has 0 bridgehead atoms. The average molecular weight is 257 g/mol. The van der Waals surface area contributed by atoms with Crippen LogP contribution in [-0.4, -0.2) is 29.3 Å². The molecule has 0 aliphatic heterocycles. The molecule has 0 radical (unpaired) electrons. The van der Waals surface area contributed by atoms with Gasteiger partial charge in [-0.25, -0.2) is 4.79 Å². The molecule has 104 valence electrons. The number of rotatable bonds is 6. The van der Waals surface area contributed by atoms with Crippen LogP contribution in [0.1, 0.15) is 53.9 Å². The predicted molar refractivity (Wildman–Crippen MR) is 68.4 cm³/mol. The van der Waals surface area contributed by atoms with Crippen molar-refractivity contribution in [2.24, 2.45) is 0 Å². The van der Waals surface area contributed by atoms with E-state index in [-0.39, 0.29) is 24.4 Å². The molecule has 5 nitrogen and oxygen atoms in total. The van der Waals surface area contributed by atoms with Gasteiger partial charge >= 0.3 is 6.09 Å². The first-order valence-corrected chi connectivity index (χ1v) is 6.17. The van der Waals surface area contributed by atoms with Crippen LogP contribution in [0.5, 0.6) is 0 Å². The first-order chi connectivity index (χ1) is 8.15. The van der Waals surface area contributed by atoms with Gasteiger partial charge in [-0.2, -0.15) is 0 Å². The number of Topliss-reactive ketones (excluding diaryl/α,β-unsaturated/α-hetero) is 2. The van der Waals surface area contributed by atoms with Crippen molar-refractivity contribution in [2.45, 2.75) is 65.5 Å². The lowest BCUT2D eigenvalue weighted by Gasteiger charge is -2.22. The van der Waals surface area contributed by atoms with E-state index >= 15 is 0 Å². The molecule has 1 amide bonds. The molecular weight excluding hydrogens is 234 g/mol. The van der Waals surface area contributed by atoms with E-state index in [9.17, 15) is 14.4 Å². The molecule has 5 heteroatoms. The zero-order chi connectivity index (χ0) is 14.3. The van der Waals surface area contributed by atoms with E-state index in [0.717, 1.165) is 0 Å². The third-order valence-electron chi connectivity index (χ3n) is 2.21. The molecule has 0 saturated heterocycles. The number of ketones is 2. The van der Waals surface area contributed by atoms with Crippen LogP contribution in [0.25, 0.3) is 0 Å². The van der Waals surface area contributed by atoms with Gasteiger partial charge in [0, 0.05) is 12.8 Å². The second-order valence-electron chi connectivity index (χ2n) is 5.28. The van der Waals surface area contributed by atoms with E-state index in [1.54, 1.807) is 27.7 Å². The van der Waals surface area contributed by atoms with E-state index in [1.807, 2.05) is 0 Å². The van der Waals surface area contributed by atoms with Crippen LogP contribution < -0.4 is 5.32 Å². The summed E-state index contributed by atoms with van der Waals surface area (Å²) in [5.74, 6) is -0.172. The lowest BCUT2D eigenvalue weighted by molar-refractivity contribution is -0.124. The summed E-state index contributed by atoms with van der Waals surface area (Å²) in [6.45, 7) is 8.50. The van der Waals surface area contributed by atoms with Gasteiger partial charge in [0.2, 0.25) is 0 Å². The Bertz CT molecular complexity index is 317. The molecule has 0 aliphatic rings. The highest BCUT2D eigenvalue weighted by atomic mass is 16.6. The highest BCUT2D eigenvalue weighted by molar-refractivity contribution is 5.90. The monoisotopic (exact) mass is 257 g/mol. The fourth-order valence-electron chi connectivity index (χ4n) is 1.33. The predicted octanol–water partition coefficient (Wildman–Crippen LogP) is 2.23. The Morgan fingerprint density at radius 1 is 1.17 bits per heavy atom. The quantitative estimate of drug-likeness (QED) is 0.792. The molecule has 0 fully saturated rings. The zero-order valence-corrected chi connectivity index (χ0v) is 11.8. The van der Waals surface area contributed by atoms with Crippen molar-refractivity contribution in [2.75, 3.05) is 0 Å². The first kappa shape index (κ1) is 16.6. The lowest BCUT2D eigenvalue weighted by Crippen LogP contribution is -2.43. The molecular formula is C13H23NO4. The van der Waals surface area contributed by atoms with Gasteiger partial charge in [-0.3, -0.25) is 4.79 Å². The summed E-state index contributed by atoms with van der Waals surface area (Å²) in [5.41, 5.74) is -0.592. The van der Waals surface area contributed by atoms with Gasteiger partial charge in [-0.1, -0.05) is 6.92 Å². The second-order valence-corrected chi connectivity index (χ2v) is 5.28. The summed E-state index contributed by atoms with van der Waals surface area (Å²) < 4.78 is 5.08. The van der Waals surface area contributed by atoms with Crippen LogP contribution in [0.4, 0.5) is 4.79 Å². The maximum absolute atomic E-state index is 11.8. The van der Waals surface area contributed by atoms with Crippen molar-refractivity contribution >= 4 is 17.7 Å². The Balaban J connectivity index is 4.29. The SMILES string of the molecule is CC[C@H](NC(=O)OC(C)(C)C)C(=O)CCC(C)=O. The van der Waals surface area contributed by atoms with E-state index in [2.05, 4.69) is 5.32 Å². The highest BCUT2D eigenvalue weighted by Gasteiger charge is 2.22. The topological polar surface area (TPSA) is 72.5 Å². The van der Waals surface area contributed by atoms with E-state index in [1.165, 1.54) is 6.92 Å². The maximum Gasteiger partial charge on any atom is 0.408 e. The van der Waals surface area contributed by atoms with Gasteiger partial charge in [0.1, 0.15) is 11.4 Å². The van der Waals surface area contributed by atoms with E-state index in [4.69, 9.17) is 4.74 Å². The number of carbonyl (C=O) groups is 3. The zero-order valence-electron chi connectivity index (χ0n) is 11.8. The Morgan fingerprint density at radius 2 is 1.72 bits per heavy atom. The van der Waals surface area contributed by atoms with Crippen LogP contribution in [-0.2, 0) is 14.3 Å². The molecule has 0 saturated carbocycles. The number of alkyl carbamates (subject to hydrolysis) is 1. The molecule has 0 aromatic rings. The fraction of sp³-hybridized carbons (Fsp3) is 0.769. The molecule has 1 atom stereocenters. The minimum absolute atomic E-state index is 0.0320. The van der Waals surface area contributed by atoms with Crippen LogP contribution in [0, 0.1) is 0 Å². The molecule has 0 rings (SSSR count). The van der Waals surface area contributed by atoms with Crippen molar-refractivity contribution in [1.82, 2.24) is 5.32 Å². The molecule has 0 aromatic heterocycles.